The Balaban J connectivity index is 1.95. The van der Waals surface area contributed by atoms with Gasteiger partial charge in [-0.3, -0.25) is 0 Å². The molecule has 0 saturated heterocycles. The Labute approximate surface area is 124 Å². The molecule has 96 valence electrons. The monoisotopic (exact) mass is 375 g/mol. The van der Waals surface area contributed by atoms with E-state index in [0.717, 1.165) is 33.0 Å². The molecule has 0 aliphatic heterocycles. The van der Waals surface area contributed by atoms with Gasteiger partial charge in [-0.25, -0.2) is 0 Å². The van der Waals surface area contributed by atoms with Crippen LogP contribution in [0.25, 0.3) is 0 Å². The Hall–Kier alpha value is -0.890. The van der Waals surface area contributed by atoms with Crippen molar-refractivity contribution in [2.45, 2.75) is 20.0 Å². The molecule has 0 atom stereocenters. The Bertz CT molecular complexity index is 504. The van der Waals surface area contributed by atoms with Crippen LogP contribution in [-0.2, 0) is 6.61 Å². The number of aromatic nitrogens is 2. The van der Waals surface area contributed by atoms with Crippen molar-refractivity contribution in [1.29, 1.82) is 0 Å². The minimum Gasteiger partial charge on any atom is -0.487 e. The average Bonchev–Trinajstić information content (AvgIpc) is 2.81. The van der Waals surface area contributed by atoms with Gasteiger partial charge in [-0.1, -0.05) is 17.5 Å². The molecule has 0 aliphatic rings. The molecule has 0 radical (unpaired) electrons. The highest BCUT2D eigenvalue weighted by Crippen LogP contribution is 2.21. The molecule has 0 fully saturated rings. The number of anilines is 1. The Morgan fingerprint density at radius 3 is 3.11 bits per heavy atom. The maximum Gasteiger partial charge on any atom is 0.136 e. The summed E-state index contributed by atoms with van der Waals surface area (Å²) in [7, 11) is 0. The first kappa shape index (κ1) is 13.5. The van der Waals surface area contributed by atoms with E-state index in [1.807, 2.05) is 24.3 Å². The van der Waals surface area contributed by atoms with Gasteiger partial charge in [-0.2, -0.15) is 0 Å². The van der Waals surface area contributed by atoms with Crippen molar-refractivity contribution in [2.75, 3.05) is 11.9 Å². The molecule has 1 N–H and O–H groups in total. The van der Waals surface area contributed by atoms with Gasteiger partial charge >= 0.3 is 0 Å². The minimum absolute atomic E-state index is 0.447. The van der Waals surface area contributed by atoms with Crippen LogP contribution in [0.2, 0.25) is 0 Å². The normalized spacial score (nSPS) is 10.3. The van der Waals surface area contributed by atoms with E-state index in [2.05, 4.69) is 44.4 Å². The van der Waals surface area contributed by atoms with Gasteiger partial charge in [-0.15, -0.1) is 5.10 Å². The van der Waals surface area contributed by atoms with Gasteiger partial charge in [0.25, 0.3) is 0 Å². The van der Waals surface area contributed by atoms with Gasteiger partial charge < -0.3 is 10.1 Å². The summed E-state index contributed by atoms with van der Waals surface area (Å²) in [4.78, 5) is 0. The first-order chi connectivity index (χ1) is 8.79. The summed E-state index contributed by atoms with van der Waals surface area (Å²) in [6.07, 6.45) is 1.08. The lowest BCUT2D eigenvalue weighted by Gasteiger charge is -2.06. The minimum atomic E-state index is 0.447. The predicted molar refractivity (Wildman–Crippen MR) is 82.2 cm³/mol. The van der Waals surface area contributed by atoms with Crippen LogP contribution in [0.4, 0.5) is 5.00 Å². The molecule has 1 aromatic heterocycles. The highest BCUT2D eigenvalue weighted by molar-refractivity contribution is 14.1. The Kier molecular flexibility index (Phi) is 5.18. The second-order valence-electron chi connectivity index (χ2n) is 3.72. The molecule has 18 heavy (non-hydrogen) atoms. The highest BCUT2D eigenvalue weighted by atomic mass is 127. The smallest absolute Gasteiger partial charge is 0.136 e. The van der Waals surface area contributed by atoms with E-state index in [0.29, 0.717) is 6.61 Å². The van der Waals surface area contributed by atoms with E-state index >= 15 is 0 Å². The van der Waals surface area contributed by atoms with Crippen LogP contribution in [0, 0.1) is 3.57 Å². The van der Waals surface area contributed by atoms with Gasteiger partial charge in [0, 0.05) is 21.6 Å². The first-order valence-corrected chi connectivity index (χ1v) is 7.58. The second kappa shape index (κ2) is 6.89. The van der Waals surface area contributed by atoms with Crippen molar-refractivity contribution in [3.05, 3.63) is 33.5 Å². The summed E-state index contributed by atoms with van der Waals surface area (Å²) in [5.41, 5.74) is 0.868. The summed E-state index contributed by atoms with van der Waals surface area (Å²) in [6.45, 7) is 3.51. The lowest BCUT2D eigenvalue weighted by molar-refractivity contribution is 0.301. The third kappa shape index (κ3) is 3.81. The molecule has 0 saturated carbocycles. The molecule has 6 heteroatoms. The van der Waals surface area contributed by atoms with Gasteiger partial charge in [-0.05, 0) is 47.2 Å². The van der Waals surface area contributed by atoms with E-state index in [9.17, 15) is 0 Å². The molecular formula is C12H14IN3OS. The fourth-order valence-corrected chi connectivity index (χ4v) is 2.49. The standard InChI is InChI=1S/C12H14IN3OS/c1-2-6-14-12-11(15-16-18-12)8-17-10-5-3-4-9(13)7-10/h3-5,7,14H,2,6,8H2,1H3. The van der Waals surface area contributed by atoms with Crippen LogP contribution in [-0.4, -0.2) is 16.1 Å². The fourth-order valence-electron chi connectivity index (χ4n) is 1.38. The van der Waals surface area contributed by atoms with Crippen LogP contribution in [0.15, 0.2) is 24.3 Å². The van der Waals surface area contributed by atoms with Crippen molar-refractivity contribution in [3.63, 3.8) is 0 Å². The third-order valence-corrected chi connectivity index (χ3v) is 3.66. The van der Waals surface area contributed by atoms with E-state index in [-0.39, 0.29) is 0 Å². The lowest BCUT2D eigenvalue weighted by atomic mass is 10.3. The number of nitrogens with zero attached hydrogens (tertiary/aromatic N) is 2. The third-order valence-electron chi connectivity index (χ3n) is 2.26. The summed E-state index contributed by atoms with van der Waals surface area (Å²) >= 11 is 3.64. The number of ether oxygens (including phenoxy) is 1. The zero-order chi connectivity index (χ0) is 12.8. The lowest BCUT2D eigenvalue weighted by Crippen LogP contribution is -2.03. The maximum absolute atomic E-state index is 5.71. The SMILES string of the molecule is CCCNc1snnc1COc1cccc(I)c1. The molecule has 4 nitrogen and oxygen atoms in total. The average molecular weight is 375 g/mol. The van der Waals surface area contributed by atoms with E-state index < -0.39 is 0 Å². The van der Waals surface area contributed by atoms with Crippen molar-refractivity contribution >= 4 is 39.1 Å². The molecular weight excluding hydrogens is 361 g/mol. The molecule has 0 spiro atoms. The summed E-state index contributed by atoms with van der Waals surface area (Å²) < 4.78 is 10.8. The Morgan fingerprint density at radius 1 is 1.44 bits per heavy atom. The quantitative estimate of drug-likeness (QED) is 0.785. The summed E-state index contributed by atoms with van der Waals surface area (Å²) in [5, 5.41) is 8.39. The van der Waals surface area contributed by atoms with Crippen molar-refractivity contribution in [3.8, 4) is 5.75 Å². The number of hydrogen-bond donors (Lipinski definition) is 1. The van der Waals surface area contributed by atoms with Crippen LogP contribution in [0.3, 0.4) is 0 Å². The number of benzene rings is 1. The van der Waals surface area contributed by atoms with E-state index in [1.54, 1.807) is 0 Å². The fraction of sp³-hybridized carbons (Fsp3) is 0.333. The van der Waals surface area contributed by atoms with Crippen molar-refractivity contribution in [1.82, 2.24) is 9.59 Å². The van der Waals surface area contributed by atoms with E-state index in [1.165, 1.54) is 11.5 Å². The van der Waals surface area contributed by atoms with Crippen LogP contribution in [0.5, 0.6) is 5.75 Å². The van der Waals surface area contributed by atoms with Crippen molar-refractivity contribution in [2.24, 2.45) is 0 Å². The molecule has 2 rings (SSSR count). The highest BCUT2D eigenvalue weighted by Gasteiger charge is 2.08. The topological polar surface area (TPSA) is 47.0 Å². The summed E-state index contributed by atoms with van der Waals surface area (Å²) in [6, 6.07) is 7.96. The second-order valence-corrected chi connectivity index (χ2v) is 5.72. The van der Waals surface area contributed by atoms with Crippen LogP contribution >= 0.6 is 34.1 Å². The number of halogens is 1. The van der Waals surface area contributed by atoms with Gasteiger partial charge in [0.05, 0.1) is 0 Å². The summed E-state index contributed by atoms with van der Waals surface area (Å²) in [5.74, 6) is 0.858. The predicted octanol–water partition coefficient (Wildman–Crippen LogP) is 3.54. The molecule has 0 bridgehead atoms. The van der Waals surface area contributed by atoms with Crippen molar-refractivity contribution < 1.29 is 4.74 Å². The largest absolute Gasteiger partial charge is 0.487 e. The molecule has 1 aromatic carbocycles. The van der Waals surface area contributed by atoms with Crippen LogP contribution < -0.4 is 10.1 Å². The molecule has 0 aliphatic carbocycles. The van der Waals surface area contributed by atoms with Gasteiger partial charge in [0.15, 0.2) is 0 Å². The zero-order valence-corrected chi connectivity index (χ0v) is 13.0. The maximum atomic E-state index is 5.71. The number of rotatable bonds is 6. The Morgan fingerprint density at radius 2 is 2.33 bits per heavy atom. The molecule has 1 heterocycles. The zero-order valence-electron chi connectivity index (χ0n) is 10.0. The first-order valence-electron chi connectivity index (χ1n) is 5.73. The van der Waals surface area contributed by atoms with E-state index in [4.69, 9.17) is 4.74 Å². The van der Waals surface area contributed by atoms with Gasteiger partial charge in [0.2, 0.25) is 0 Å². The molecule has 0 unspecified atom stereocenters. The number of nitrogens with one attached hydrogen (secondary N) is 1. The molecule has 2 aromatic rings. The number of hydrogen-bond acceptors (Lipinski definition) is 5. The van der Waals surface area contributed by atoms with Gasteiger partial charge in [0.1, 0.15) is 23.1 Å². The van der Waals surface area contributed by atoms with Crippen LogP contribution in [0.1, 0.15) is 19.0 Å². The molecule has 0 amide bonds.